The first-order chi connectivity index (χ1) is 15.7. The van der Waals surface area contributed by atoms with Crippen molar-refractivity contribution in [1.82, 2.24) is 9.21 Å². The summed E-state index contributed by atoms with van der Waals surface area (Å²) in [5, 5.41) is 0. The first-order valence-electron chi connectivity index (χ1n) is 11.2. The van der Waals surface area contributed by atoms with E-state index in [4.69, 9.17) is 0 Å². The largest absolute Gasteiger partial charge is 0.342 e. The standard InChI is InChI=1S/C24H28F2N2O3S2/c25-24(26)12-15-27(16-13-24)23(29)20-7-4-14-28(17-20)33(30,31)22-10-8-21(9-11-22)32-18-19-5-2-1-3-6-19/h1-3,5-6,8-11,20H,4,7,12-18H2/t20-/m1/s1. The molecule has 2 aliphatic heterocycles. The third kappa shape index (κ3) is 5.94. The fourth-order valence-electron chi connectivity index (χ4n) is 4.27. The van der Waals surface area contributed by atoms with Crippen LogP contribution in [0.3, 0.4) is 0 Å². The fraction of sp³-hybridized carbons (Fsp3) is 0.458. The molecular formula is C24H28F2N2O3S2. The number of likely N-dealkylation sites (tertiary alicyclic amines) is 1. The van der Waals surface area contributed by atoms with Crippen molar-refractivity contribution in [3.8, 4) is 0 Å². The van der Waals surface area contributed by atoms with Gasteiger partial charge in [0, 0.05) is 49.7 Å². The van der Waals surface area contributed by atoms with E-state index in [9.17, 15) is 22.0 Å². The van der Waals surface area contributed by atoms with Crippen LogP contribution in [0.4, 0.5) is 8.78 Å². The van der Waals surface area contributed by atoms with Gasteiger partial charge in [0.05, 0.1) is 10.8 Å². The molecular weight excluding hydrogens is 466 g/mol. The van der Waals surface area contributed by atoms with Gasteiger partial charge in [0.15, 0.2) is 0 Å². The zero-order valence-corrected chi connectivity index (χ0v) is 20.0. The summed E-state index contributed by atoms with van der Waals surface area (Å²) >= 11 is 1.64. The first-order valence-corrected chi connectivity index (χ1v) is 13.6. The highest BCUT2D eigenvalue weighted by Crippen LogP contribution is 2.31. The van der Waals surface area contributed by atoms with Crippen molar-refractivity contribution in [3.05, 3.63) is 60.2 Å². The van der Waals surface area contributed by atoms with Gasteiger partial charge in [-0.15, -0.1) is 11.8 Å². The van der Waals surface area contributed by atoms with Crippen molar-refractivity contribution in [2.75, 3.05) is 26.2 Å². The van der Waals surface area contributed by atoms with Crippen LogP contribution in [0.5, 0.6) is 0 Å². The van der Waals surface area contributed by atoms with Crippen LogP contribution in [-0.4, -0.2) is 55.6 Å². The smallest absolute Gasteiger partial charge is 0.251 e. The van der Waals surface area contributed by atoms with Crippen molar-refractivity contribution in [2.24, 2.45) is 5.92 Å². The van der Waals surface area contributed by atoms with Gasteiger partial charge in [-0.2, -0.15) is 4.31 Å². The highest BCUT2D eigenvalue weighted by molar-refractivity contribution is 7.98. The number of carbonyl (C=O) groups is 1. The fourth-order valence-corrected chi connectivity index (χ4v) is 6.65. The maximum absolute atomic E-state index is 13.4. The maximum atomic E-state index is 13.4. The molecule has 9 heteroatoms. The number of nitrogens with zero attached hydrogens (tertiary/aromatic N) is 2. The number of sulfonamides is 1. The molecule has 2 aromatic rings. The van der Waals surface area contributed by atoms with Crippen molar-refractivity contribution < 1.29 is 22.0 Å². The Hall–Kier alpha value is -1.97. The van der Waals surface area contributed by atoms with E-state index in [1.54, 1.807) is 36.0 Å². The van der Waals surface area contributed by atoms with E-state index < -0.39 is 21.9 Å². The van der Waals surface area contributed by atoms with Crippen LogP contribution in [0.2, 0.25) is 0 Å². The zero-order valence-electron chi connectivity index (χ0n) is 18.3. The number of benzene rings is 2. The number of halogens is 2. The number of rotatable bonds is 6. The molecule has 0 bridgehead atoms. The second-order valence-corrected chi connectivity index (χ2v) is 11.6. The molecule has 5 nitrogen and oxygen atoms in total. The number of carbonyl (C=O) groups excluding carboxylic acids is 1. The van der Waals surface area contributed by atoms with Crippen LogP contribution in [0.25, 0.3) is 0 Å². The Bertz CT molecular complexity index is 1050. The van der Waals surface area contributed by atoms with Gasteiger partial charge in [0.2, 0.25) is 15.9 Å². The summed E-state index contributed by atoms with van der Waals surface area (Å²) in [6.45, 7) is 0.502. The molecule has 0 radical (unpaired) electrons. The minimum atomic E-state index is -3.73. The molecule has 2 saturated heterocycles. The monoisotopic (exact) mass is 494 g/mol. The molecule has 2 aliphatic rings. The van der Waals surface area contributed by atoms with Crippen LogP contribution in [0, 0.1) is 5.92 Å². The number of hydrogen-bond acceptors (Lipinski definition) is 4. The molecule has 0 N–H and O–H groups in total. The summed E-state index contributed by atoms with van der Waals surface area (Å²) in [5.41, 5.74) is 1.20. The van der Waals surface area contributed by atoms with E-state index in [-0.39, 0.29) is 43.3 Å². The molecule has 4 rings (SSSR count). The van der Waals surface area contributed by atoms with E-state index in [1.165, 1.54) is 14.8 Å². The Kier molecular flexibility index (Phi) is 7.40. The summed E-state index contributed by atoms with van der Waals surface area (Å²) < 4.78 is 54.6. The molecule has 2 fully saturated rings. The Morgan fingerprint density at radius 1 is 1.00 bits per heavy atom. The molecule has 0 unspecified atom stereocenters. The van der Waals surface area contributed by atoms with Crippen molar-refractivity contribution >= 4 is 27.7 Å². The van der Waals surface area contributed by atoms with Crippen LogP contribution in [0.15, 0.2) is 64.4 Å². The summed E-state index contributed by atoms with van der Waals surface area (Å²) in [4.78, 5) is 15.5. The third-order valence-corrected chi connectivity index (χ3v) is 9.21. The molecule has 1 atom stereocenters. The average Bonchev–Trinajstić information content (AvgIpc) is 2.83. The van der Waals surface area contributed by atoms with Gasteiger partial charge in [-0.25, -0.2) is 17.2 Å². The average molecular weight is 495 g/mol. The van der Waals surface area contributed by atoms with Crippen LogP contribution in [0.1, 0.15) is 31.2 Å². The molecule has 0 spiro atoms. The van der Waals surface area contributed by atoms with Crippen molar-refractivity contribution in [1.29, 1.82) is 0 Å². The summed E-state index contributed by atoms with van der Waals surface area (Å²) in [6, 6.07) is 16.9. The Labute approximate surface area is 198 Å². The van der Waals surface area contributed by atoms with Crippen LogP contribution < -0.4 is 0 Å². The number of thioether (sulfide) groups is 1. The number of alkyl halides is 2. The van der Waals surface area contributed by atoms with Gasteiger partial charge in [-0.3, -0.25) is 4.79 Å². The Balaban J connectivity index is 1.37. The third-order valence-electron chi connectivity index (χ3n) is 6.25. The topological polar surface area (TPSA) is 57.7 Å². The van der Waals surface area contributed by atoms with Gasteiger partial charge >= 0.3 is 0 Å². The van der Waals surface area contributed by atoms with Crippen LogP contribution >= 0.6 is 11.8 Å². The van der Waals surface area contributed by atoms with E-state index in [0.717, 1.165) is 10.6 Å². The highest BCUT2D eigenvalue weighted by Gasteiger charge is 2.39. The highest BCUT2D eigenvalue weighted by atomic mass is 32.2. The van der Waals surface area contributed by atoms with E-state index in [0.29, 0.717) is 19.4 Å². The molecule has 0 aliphatic carbocycles. The zero-order chi connectivity index (χ0) is 23.5. The molecule has 33 heavy (non-hydrogen) atoms. The molecule has 178 valence electrons. The second kappa shape index (κ2) is 10.1. The predicted molar refractivity (Wildman–Crippen MR) is 125 cm³/mol. The minimum Gasteiger partial charge on any atom is -0.342 e. The molecule has 0 aromatic heterocycles. The maximum Gasteiger partial charge on any atom is 0.251 e. The van der Waals surface area contributed by atoms with Gasteiger partial charge < -0.3 is 4.90 Å². The van der Waals surface area contributed by atoms with Gasteiger partial charge in [0.1, 0.15) is 0 Å². The summed E-state index contributed by atoms with van der Waals surface area (Å²) in [7, 11) is -3.73. The lowest BCUT2D eigenvalue weighted by atomic mass is 9.96. The van der Waals surface area contributed by atoms with Gasteiger partial charge in [-0.05, 0) is 42.7 Å². The first kappa shape index (κ1) is 24.2. The molecule has 0 saturated carbocycles. The minimum absolute atomic E-state index is 0.0250. The lowest BCUT2D eigenvalue weighted by Crippen LogP contribution is -2.49. The van der Waals surface area contributed by atoms with E-state index >= 15 is 0 Å². The normalized spacial score (nSPS) is 21.6. The van der Waals surface area contributed by atoms with Crippen molar-refractivity contribution in [2.45, 2.75) is 47.1 Å². The lowest BCUT2D eigenvalue weighted by molar-refractivity contribution is -0.142. The number of amides is 1. The molecule has 2 aromatic carbocycles. The number of hydrogen-bond donors (Lipinski definition) is 0. The Morgan fingerprint density at radius 2 is 1.67 bits per heavy atom. The van der Waals surface area contributed by atoms with Crippen molar-refractivity contribution in [3.63, 3.8) is 0 Å². The quantitative estimate of drug-likeness (QED) is 0.549. The van der Waals surface area contributed by atoms with Crippen LogP contribution in [-0.2, 0) is 20.6 Å². The Morgan fingerprint density at radius 3 is 2.33 bits per heavy atom. The van der Waals surface area contributed by atoms with E-state index in [1.807, 2.05) is 18.2 Å². The number of piperidine rings is 2. The molecule has 2 heterocycles. The summed E-state index contributed by atoms with van der Waals surface area (Å²) in [5.74, 6) is -2.62. The van der Waals surface area contributed by atoms with Gasteiger partial charge in [-0.1, -0.05) is 30.3 Å². The van der Waals surface area contributed by atoms with E-state index in [2.05, 4.69) is 12.1 Å². The summed E-state index contributed by atoms with van der Waals surface area (Å²) in [6.07, 6.45) is 0.488. The van der Waals surface area contributed by atoms with Gasteiger partial charge in [0.25, 0.3) is 5.92 Å². The molecule has 1 amide bonds. The predicted octanol–water partition coefficient (Wildman–Crippen LogP) is 4.64. The SMILES string of the molecule is O=C([C@@H]1CCCN(S(=O)(=O)c2ccc(SCc3ccccc3)cc2)C1)N1CCC(F)(F)CC1. The lowest BCUT2D eigenvalue weighted by Gasteiger charge is -2.37. The second-order valence-electron chi connectivity index (χ2n) is 8.63.